The van der Waals surface area contributed by atoms with Gasteiger partial charge in [-0.2, -0.15) is 0 Å². The summed E-state index contributed by atoms with van der Waals surface area (Å²) in [6, 6.07) is 0. The van der Waals surface area contributed by atoms with Gasteiger partial charge >= 0.3 is 0 Å². The molecule has 14 heavy (non-hydrogen) atoms. The molecule has 0 radical (unpaired) electrons. The lowest BCUT2D eigenvalue weighted by Gasteiger charge is -2.09. The lowest BCUT2D eigenvalue weighted by atomic mass is 9.96. The second kappa shape index (κ2) is 6.77. The van der Waals surface area contributed by atoms with Gasteiger partial charge in [0.05, 0.1) is 0 Å². The first-order chi connectivity index (χ1) is 6.43. The van der Waals surface area contributed by atoms with Crippen LogP contribution in [0.5, 0.6) is 0 Å². The van der Waals surface area contributed by atoms with E-state index in [1.807, 2.05) is 12.2 Å². The Morgan fingerprint density at radius 3 is 2.43 bits per heavy atom. The lowest BCUT2D eigenvalue weighted by Crippen LogP contribution is -2.00. The van der Waals surface area contributed by atoms with Gasteiger partial charge in [-0.05, 0) is 25.3 Å². The summed E-state index contributed by atoms with van der Waals surface area (Å²) in [5.74, 6) is 0.584. The Labute approximate surface area is 94.7 Å². The minimum Gasteiger partial charge on any atom is -0.300 e. The van der Waals surface area contributed by atoms with Gasteiger partial charge in [0.1, 0.15) is 5.78 Å². The smallest absolute Gasteiger partial charge is 0.129 e. The summed E-state index contributed by atoms with van der Waals surface area (Å²) >= 11 is 3.24. The minimum absolute atomic E-state index is 0.235. The summed E-state index contributed by atoms with van der Waals surface area (Å²) in [5, 5.41) is 0. The molecule has 0 aromatic rings. The second-order valence-corrected chi connectivity index (χ2v) is 4.52. The number of hydrogen-bond donors (Lipinski definition) is 0. The number of carbonyl (C=O) groups is 1. The second-order valence-electron chi connectivity index (χ2n) is 3.50. The quantitative estimate of drug-likeness (QED) is 0.657. The molecule has 2 heteroatoms. The highest BCUT2D eigenvalue weighted by Crippen LogP contribution is 2.17. The molecule has 0 aromatic heterocycles. The van der Waals surface area contributed by atoms with Crippen LogP contribution in [0.1, 0.15) is 26.7 Å². The zero-order valence-electron chi connectivity index (χ0n) is 8.85. The van der Waals surface area contributed by atoms with Gasteiger partial charge in [0.15, 0.2) is 0 Å². The summed E-state index contributed by atoms with van der Waals surface area (Å²) in [5.41, 5.74) is 1.03. The number of halogens is 1. The van der Waals surface area contributed by atoms with E-state index in [-0.39, 0.29) is 5.78 Å². The molecule has 0 fully saturated rings. The van der Waals surface area contributed by atoms with Crippen LogP contribution in [0.2, 0.25) is 0 Å². The predicted molar refractivity (Wildman–Crippen MR) is 65.4 cm³/mol. The number of hydrogen-bond acceptors (Lipinski definition) is 1. The van der Waals surface area contributed by atoms with Crippen LogP contribution in [-0.4, -0.2) is 5.78 Å². The third kappa shape index (κ3) is 6.84. The lowest BCUT2D eigenvalue weighted by molar-refractivity contribution is -0.117. The SMILES string of the molecule is C=C(Br)/C=C\C(=C)C(C)CCC(C)=O. The van der Waals surface area contributed by atoms with E-state index in [0.29, 0.717) is 12.3 Å². The number of ketones is 1. The maximum absolute atomic E-state index is 10.8. The Bertz CT molecular complexity index is 263. The molecular weight excluding hydrogens is 240 g/mol. The van der Waals surface area contributed by atoms with Crippen LogP contribution in [0.25, 0.3) is 0 Å². The molecule has 1 unspecified atom stereocenters. The molecular formula is C12H17BrO. The highest BCUT2D eigenvalue weighted by Gasteiger charge is 2.05. The van der Waals surface area contributed by atoms with Crippen molar-refractivity contribution in [3.8, 4) is 0 Å². The highest BCUT2D eigenvalue weighted by atomic mass is 79.9. The largest absolute Gasteiger partial charge is 0.300 e. The molecule has 0 heterocycles. The Morgan fingerprint density at radius 1 is 1.43 bits per heavy atom. The molecule has 0 rings (SSSR count). The monoisotopic (exact) mass is 256 g/mol. The van der Waals surface area contributed by atoms with Crippen molar-refractivity contribution in [3.05, 3.63) is 35.4 Å². The predicted octanol–water partition coefficient (Wildman–Crippen LogP) is 4.01. The number of allylic oxidation sites excluding steroid dienone is 4. The van der Waals surface area contributed by atoms with Crippen LogP contribution >= 0.6 is 15.9 Å². The van der Waals surface area contributed by atoms with Crippen molar-refractivity contribution in [1.29, 1.82) is 0 Å². The average molecular weight is 257 g/mol. The van der Waals surface area contributed by atoms with E-state index in [4.69, 9.17) is 0 Å². The molecule has 0 amide bonds. The third-order valence-corrected chi connectivity index (χ3v) is 2.30. The summed E-state index contributed by atoms with van der Waals surface area (Å²) in [7, 11) is 0. The normalized spacial score (nSPS) is 12.8. The fourth-order valence-corrected chi connectivity index (χ4v) is 1.10. The van der Waals surface area contributed by atoms with E-state index in [2.05, 4.69) is 36.0 Å². The van der Waals surface area contributed by atoms with Crippen molar-refractivity contribution in [2.45, 2.75) is 26.7 Å². The molecule has 1 nitrogen and oxygen atoms in total. The molecule has 0 aliphatic rings. The molecule has 0 bridgehead atoms. The van der Waals surface area contributed by atoms with Crippen LogP contribution in [-0.2, 0) is 4.79 Å². The Balaban J connectivity index is 3.99. The van der Waals surface area contributed by atoms with Gasteiger partial charge in [0, 0.05) is 10.9 Å². The zero-order valence-corrected chi connectivity index (χ0v) is 10.4. The van der Waals surface area contributed by atoms with Gasteiger partial charge < -0.3 is 4.79 Å². The maximum Gasteiger partial charge on any atom is 0.129 e. The Morgan fingerprint density at radius 2 is 2.00 bits per heavy atom. The van der Waals surface area contributed by atoms with Crippen molar-refractivity contribution < 1.29 is 4.79 Å². The number of rotatable bonds is 6. The van der Waals surface area contributed by atoms with Crippen molar-refractivity contribution in [2.75, 3.05) is 0 Å². The van der Waals surface area contributed by atoms with Gasteiger partial charge in [-0.3, -0.25) is 0 Å². The van der Waals surface area contributed by atoms with Crippen molar-refractivity contribution in [1.82, 2.24) is 0 Å². The topological polar surface area (TPSA) is 17.1 Å². The molecule has 1 atom stereocenters. The summed E-state index contributed by atoms with van der Waals surface area (Å²) < 4.78 is 0.831. The third-order valence-electron chi connectivity index (χ3n) is 2.04. The molecule has 0 aliphatic carbocycles. The van der Waals surface area contributed by atoms with Crippen molar-refractivity contribution >= 4 is 21.7 Å². The molecule has 0 saturated carbocycles. The standard InChI is InChI=1S/C12H17BrO/c1-9(5-7-11(3)13)10(2)6-8-12(4)14/h5,7,10H,1,3,6,8H2,2,4H3/b7-5-. The highest BCUT2D eigenvalue weighted by molar-refractivity contribution is 9.11. The first-order valence-electron chi connectivity index (χ1n) is 4.64. The van der Waals surface area contributed by atoms with Gasteiger partial charge in [-0.25, -0.2) is 0 Å². The van der Waals surface area contributed by atoms with Crippen LogP contribution in [0, 0.1) is 5.92 Å². The molecule has 78 valence electrons. The average Bonchev–Trinajstić information content (AvgIpc) is 2.09. The minimum atomic E-state index is 0.235. The van der Waals surface area contributed by atoms with E-state index >= 15 is 0 Å². The molecule has 0 aromatic carbocycles. The first-order valence-corrected chi connectivity index (χ1v) is 5.43. The summed E-state index contributed by atoms with van der Waals surface area (Å²) in [4.78, 5) is 10.8. The van der Waals surface area contributed by atoms with Crippen LogP contribution in [0.3, 0.4) is 0 Å². The summed E-state index contributed by atoms with van der Waals surface area (Å²) in [6.07, 6.45) is 5.30. The van der Waals surface area contributed by atoms with E-state index in [1.165, 1.54) is 0 Å². The van der Waals surface area contributed by atoms with E-state index < -0.39 is 0 Å². The van der Waals surface area contributed by atoms with Gasteiger partial charge in [-0.1, -0.05) is 47.7 Å². The molecule has 0 spiro atoms. The Kier molecular flexibility index (Phi) is 6.46. The first kappa shape index (κ1) is 13.4. The van der Waals surface area contributed by atoms with E-state index in [1.54, 1.807) is 6.92 Å². The van der Waals surface area contributed by atoms with Gasteiger partial charge in [0.2, 0.25) is 0 Å². The molecule has 0 N–H and O–H groups in total. The van der Waals surface area contributed by atoms with E-state index in [9.17, 15) is 4.79 Å². The maximum atomic E-state index is 10.8. The fraction of sp³-hybridized carbons (Fsp3) is 0.417. The molecule has 0 aliphatic heterocycles. The van der Waals surface area contributed by atoms with E-state index in [0.717, 1.165) is 16.5 Å². The van der Waals surface area contributed by atoms with Crippen molar-refractivity contribution in [3.63, 3.8) is 0 Å². The number of Topliss-reactive ketones (excluding diaryl/α,β-unsaturated/α-hetero) is 1. The number of carbonyl (C=O) groups excluding carboxylic acids is 1. The van der Waals surface area contributed by atoms with Crippen LogP contribution in [0.4, 0.5) is 0 Å². The van der Waals surface area contributed by atoms with Crippen molar-refractivity contribution in [2.24, 2.45) is 5.92 Å². The Hall–Kier alpha value is -0.630. The van der Waals surface area contributed by atoms with Gasteiger partial charge in [-0.15, -0.1) is 0 Å². The van der Waals surface area contributed by atoms with Crippen LogP contribution < -0.4 is 0 Å². The molecule has 0 saturated heterocycles. The zero-order chi connectivity index (χ0) is 11.1. The fourth-order valence-electron chi connectivity index (χ4n) is 0.967. The van der Waals surface area contributed by atoms with Gasteiger partial charge in [0.25, 0.3) is 0 Å². The van der Waals surface area contributed by atoms with Crippen LogP contribution in [0.15, 0.2) is 35.4 Å². The summed E-state index contributed by atoms with van der Waals surface area (Å²) in [6.45, 7) is 11.3.